The van der Waals surface area contributed by atoms with Crippen LogP contribution in [-0.2, 0) is 11.3 Å². The van der Waals surface area contributed by atoms with Crippen molar-refractivity contribution >= 4 is 17.6 Å². The third-order valence-electron chi connectivity index (χ3n) is 5.94. The average molecular weight is 499 g/mol. The summed E-state index contributed by atoms with van der Waals surface area (Å²) in [6.45, 7) is 12.1. The molecule has 1 aliphatic rings. The molecule has 1 N–H and O–H groups in total. The third kappa shape index (κ3) is 6.26. The van der Waals surface area contributed by atoms with E-state index in [-0.39, 0.29) is 30.2 Å². The molecule has 0 spiro atoms. The Kier molecular flexibility index (Phi) is 8.45. The van der Waals surface area contributed by atoms with Gasteiger partial charge in [-0.2, -0.15) is 10.2 Å². The molecule has 0 saturated carbocycles. The second kappa shape index (κ2) is 11.2. The van der Waals surface area contributed by atoms with Gasteiger partial charge in [0.1, 0.15) is 11.4 Å². The minimum atomic E-state index is -0.575. The van der Waals surface area contributed by atoms with Crippen molar-refractivity contribution in [2.75, 3.05) is 19.6 Å². The number of hydrogen-bond donors (Lipinski definition) is 1. The van der Waals surface area contributed by atoms with Crippen LogP contribution in [0.5, 0.6) is 0 Å². The Morgan fingerprint density at radius 1 is 1.19 bits per heavy atom. The first kappa shape index (κ1) is 27.3. The van der Waals surface area contributed by atoms with Crippen molar-refractivity contribution < 1.29 is 23.8 Å². The van der Waals surface area contributed by atoms with E-state index in [1.165, 1.54) is 18.2 Å². The summed E-state index contributed by atoms with van der Waals surface area (Å²) in [5.74, 6) is -0.818. The normalized spacial score (nSPS) is 14.0. The molecule has 0 radical (unpaired) electrons. The molecule has 0 fully saturated rings. The maximum atomic E-state index is 14.2. The first-order valence-corrected chi connectivity index (χ1v) is 12.2. The van der Waals surface area contributed by atoms with Crippen molar-refractivity contribution in [2.24, 2.45) is 0 Å². The largest absolute Gasteiger partial charge is 0.444 e. The van der Waals surface area contributed by atoms with Gasteiger partial charge in [-0.15, -0.1) is 0 Å². The van der Waals surface area contributed by atoms with Gasteiger partial charge in [0.25, 0.3) is 5.91 Å². The predicted octanol–water partition coefficient (Wildman–Crippen LogP) is 4.67. The van der Waals surface area contributed by atoms with Crippen molar-refractivity contribution in [3.63, 3.8) is 0 Å². The van der Waals surface area contributed by atoms with Crippen molar-refractivity contribution in [3.8, 4) is 11.1 Å². The number of hydrogen-bond acceptors (Lipinski definition) is 6. The third-order valence-corrected chi connectivity index (χ3v) is 5.94. The maximum absolute atomic E-state index is 14.2. The monoisotopic (exact) mass is 498 g/mol. The molecule has 0 aliphatic carbocycles. The number of aliphatic hydroxyl groups excluding tert-OH is 1. The Hall–Kier alpha value is -3.33. The molecular weight excluding hydrogens is 463 g/mol. The van der Waals surface area contributed by atoms with Crippen molar-refractivity contribution in [1.82, 2.24) is 20.0 Å². The molecule has 0 unspecified atom stereocenters. The summed E-state index contributed by atoms with van der Waals surface area (Å²) in [5.41, 5.74) is 2.38. The number of nitrogens with zero attached hydrogens (tertiary/aromatic N) is 4. The van der Waals surface area contributed by atoms with Gasteiger partial charge in [-0.3, -0.25) is 4.79 Å². The van der Waals surface area contributed by atoms with Crippen LogP contribution < -0.4 is 0 Å². The van der Waals surface area contributed by atoms with Crippen LogP contribution in [0.25, 0.3) is 16.7 Å². The Morgan fingerprint density at radius 3 is 2.47 bits per heavy atom. The average Bonchev–Trinajstić information content (AvgIpc) is 2.82. The number of ether oxygens (including phenoxy) is 1. The molecule has 2 aromatic rings. The quantitative estimate of drug-likeness (QED) is 0.622. The Labute approximate surface area is 211 Å². The van der Waals surface area contributed by atoms with Crippen LogP contribution >= 0.6 is 0 Å². The Balaban J connectivity index is 1.98. The zero-order chi connectivity index (χ0) is 26.6. The highest BCUT2D eigenvalue weighted by molar-refractivity contribution is 6.01. The van der Waals surface area contributed by atoms with E-state index in [0.29, 0.717) is 48.6 Å². The van der Waals surface area contributed by atoms with Crippen molar-refractivity contribution in [3.05, 3.63) is 53.1 Å². The summed E-state index contributed by atoms with van der Waals surface area (Å²) in [6.07, 6.45) is 2.06. The van der Waals surface area contributed by atoms with Crippen LogP contribution in [0, 0.1) is 5.82 Å². The van der Waals surface area contributed by atoms with Crippen LogP contribution in [-0.4, -0.2) is 68.4 Å². The van der Waals surface area contributed by atoms with Crippen LogP contribution in [0.3, 0.4) is 0 Å². The fourth-order valence-corrected chi connectivity index (χ4v) is 4.14. The Morgan fingerprint density at radius 2 is 1.92 bits per heavy atom. The fraction of sp³-hybridized carbons (Fsp3) is 0.481. The molecule has 2 amide bonds. The number of aromatic nitrogens is 2. The summed E-state index contributed by atoms with van der Waals surface area (Å²) < 4.78 is 19.7. The molecule has 0 atom stereocenters. The first-order valence-electron chi connectivity index (χ1n) is 12.2. The van der Waals surface area contributed by atoms with E-state index in [1.54, 1.807) is 15.9 Å². The van der Waals surface area contributed by atoms with E-state index in [2.05, 4.69) is 10.2 Å². The van der Waals surface area contributed by atoms with Gasteiger partial charge in [-0.25, -0.2) is 9.18 Å². The lowest BCUT2D eigenvalue weighted by atomic mass is 9.95. The molecule has 9 heteroatoms. The number of carbonyl (C=O) groups excluding carboxylic acids is 2. The molecule has 8 nitrogen and oxygen atoms in total. The second-order valence-electron chi connectivity index (χ2n) is 10.0. The fourth-order valence-electron chi connectivity index (χ4n) is 4.14. The van der Waals surface area contributed by atoms with Gasteiger partial charge in [0.2, 0.25) is 0 Å². The van der Waals surface area contributed by atoms with E-state index in [4.69, 9.17) is 4.74 Å². The maximum Gasteiger partial charge on any atom is 0.410 e. The molecule has 3 rings (SSSR count). The number of benzene rings is 1. The van der Waals surface area contributed by atoms with E-state index < -0.39 is 11.4 Å². The van der Waals surface area contributed by atoms with E-state index in [1.807, 2.05) is 47.6 Å². The van der Waals surface area contributed by atoms with Gasteiger partial charge in [0.15, 0.2) is 0 Å². The van der Waals surface area contributed by atoms with E-state index in [9.17, 15) is 19.1 Å². The predicted molar refractivity (Wildman–Crippen MR) is 136 cm³/mol. The summed E-state index contributed by atoms with van der Waals surface area (Å²) in [7, 11) is 0. The zero-order valence-corrected chi connectivity index (χ0v) is 21.8. The molecule has 36 heavy (non-hydrogen) atoms. The molecule has 1 aromatic heterocycles. The lowest BCUT2D eigenvalue weighted by Gasteiger charge is -2.29. The highest BCUT2D eigenvalue weighted by atomic mass is 19.1. The highest BCUT2D eigenvalue weighted by Gasteiger charge is 2.26. The number of halogens is 1. The van der Waals surface area contributed by atoms with Gasteiger partial charge < -0.3 is 19.6 Å². The lowest BCUT2D eigenvalue weighted by molar-refractivity contribution is 0.0270. The molecule has 0 bridgehead atoms. The first-order chi connectivity index (χ1) is 16.9. The molecule has 1 aliphatic heterocycles. The SMILES string of the molecule is CCN(C(=O)c1cc(F)ccc1-c1cc(C2=CCN(C(=O)OC(C)(C)C)CC2)nnc1CO)C(C)C. The zero-order valence-electron chi connectivity index (χ0n) is 21.8. The molecule has 2 heterocycles. The van der Waals surface area contributed by atoms with E-state index in [0.717, 1.165) is 5.57 Å². The van der Waals surface area contributed by atoms with Gasteiger partial charge in [-0.1, -0.05) is 12.1 Å². The van der Waals surface area contributed by atoms with Crippen LogP contribution in [0.1, 0.15) is 69.7 Å². The van der Waals surface area contributed by atoms with Gasteiger partial charge in [-0.05, 0) is 77.3 Å². The minimum absolute atomic E-state index is 0.0673. The standard InChI is InChI=1S/C27H35FN4O4/c1-7-32(17(2)3)25(34)22-14-19(28)8-9-20(22)21-15-23(29-30-24(21)16-33)18-10-12-31(13-11-18)26(35)36-27(4,5)6/h8-10,14-15,17,33H,7,11-13,16H2,1-6H3. The van der Waals surface area contributed by atoms with Crippen molar-refractivity contribution in [1.29, 1.82) is 0 Å². The topological polar surface area (TPSA) is 95.9 Å². The molecule has 194 valence electrons. The number of aliphatic hydroxyl groups is 1. The van der Waals surface area contributed by atoms with Crippen LogP contribution in [0.15, 0.2) is 30.3 Å². The molecule has 1 aromatic carbocycles. The number of carbonyl (C=O) groups is 2. The Bertz CT molecular complexity index is 1160. The minimum Gasteiger partial charge on any atom is -0.444 e. The van der Waals surface area contributed by atoms with Gasteiger partial charge >= 0.3 is 6.09 Å². The molecule has 0 saturated heterocycles. The van der Waals surface area contributed by atoms with Gasteiger partial charge in [0, 0.05) is 31.2 Å². The van der Waals surface area contributed by atoms with Crippen LogP contribution in [0.4, 0.5) is 9.18 Å². The summed E-state index contributed by atoms with van der Waals surface area (Å²) >= 11 is 0. The number of rotatable bonds is 6. The summed E-state index contributed by atoms with van der Waals surface area (Å²) in [6, 6.07) is 5.75. The van der Waals surface area contributed by atoms with Gasteiger partial charge in [0.05, 0.1) is 23.6 Å². The smallest absolute Gasteiger partial charge is 0.410 e. The lowest BCUT2D eigenvalue weighted by Crippen LogP contribution is -2.39. The summed E-state index contributed by atoms with van der Waals surface area (Å²) in [5, 5.41) is 18.4. The van der Waals surface area contributed by atoms with E-state index >= 15 is 0 Å². The highest BCUT2D eigenvalue weighted by Crippen LogP contribution is 2.31. The van der Waals surface area contributed by atoms with Crippen LogP contribution in [0.2, 0.25) is 0 Å². The molecular formula is C27H35FN4O4. The second-order valence-corrected chi connectivity index (χ2v) is 10.0. The summed E-state index contributed by atoms with van der Waals surface area (Å²) in [4.78, 5) is 29.0. The number of amides is 2. The van der Waals surface area contributed by atoms with Crippen molar-refractivity contribution in [2.45, 2.75) is 66.2 Å².